The average molecular weight is 271 g/mol. The van der Waals surface area contributed by atoms with Gasteiger partial charge in [-0.25, -0.2) is 9.97 Å². The van der Waals surface area contributed by atoms with Crippen molar-refractivity contribution in [1.82, 2.24) is 9.97 Å². The maximum Gasteiger partial charge on any atom is 0.134 e. The first-order valence-corrected chi connectivity index (χ1v) is 7.58. The molecule has 0 unspecified atom stereocenters. The lowest BCUT2D eigenvalue weighted by Crippen LogP contribution is -2.39. The Balaban J connectivity index is 1.76. The molecule has 5 heteroatoms. The highest BCUT2D eigenvalue weighted by Crippen LogP contribution is 2.31. The molecule has 1 aliphatic carbocycles. The molecule has 1 aliphatic heterocycles. The zero-order valence-electron chi connectivity index (χ0n) is 11.8. The van der Waals surface area contributed by atoms with Gasteiger partial charge in [0.25, 0.3) is 0 Å². The highest BCUT2D eigenvalue weighted by Gasteiger charge is 2.32. The van der Waals surface area contributed by atoms with E-state index in [-0.39, 0.29) is 0 Å². The third-order valence-corrected chi connectivity index (χ3v) is 4.37. The van der Waals surface area contributed by atoms with Crippen molar-refractivity contribution in [3.8, 4) is 6.07 Å². The minimum atomic E-state index is -0.436. The maximum absolute atomic E-state index is 9.52. The van der Waals surface area contributed by atoms with Gasteiger partial charge in [-0.05, 0) is 25.7 Å². The van der Waals surface area contributed by atoms with Gasteiger partial charge in [0.05, 0.1) is 6.07 Å². The summed E-state index contributed by atoms with van der Waals surface area (Å²) in [6.45, 7) is 2.14. The van der Waals surface area contributed by atoms with E-state index in [1.807, 2.05) is 6.07 Å². The number of nitrogens with zero attached hydrogens (tertiary/aromatic N) is 4. The average Bonchev–Trinajstić information content (AvgIpc) is 3.03. The van der Waals surface area contributed by atoms with Crippen molar-refractivity contribution in [2.45, 2.75) is 50.5 Å². The van der Waals surface area contributed by atoms with E-state index in [0.29, 0.717) is 0 Å². The zero-order valence-corrected chi connectivity index (χ0v) is 11.8. The Bertz CT molecular complexity index is 495. The number of nitrogens with one attached hydrogen (secondary N) is 1. The summed E-state index contributed by atoms with van der Waals surface area (Å²) in [6, 6.07) is 4.45. The van der Waals surface area contributed by atoms with Crippen LogP contribution >= 0.6 is 0 Å². The summed E-state index contributed by atoms with van der Waals surface area (Å²) in [6.07, 6.45) is 9.34. The van der Waals surface area contributed by atoms with Gasteiger partial charge in [-0.1, -0.05) is 19.3 Å². The van der Waals surface area contributed by atoms with E-state index in [1.54, 1.807) is 6.33 Å². The van der Waals surface area contributed by atoms with Crippen molar-refractivity contribution >= 4 is 11.6 Å². The Hall–Kier alpha value is -1.83. The lowest BCUT2D eigenvalue weighted by molar-refractivity contribution is 0.392. The predicted octanol–water partition coefficient (Wildman–Crippen LogP) is 2.72. The van der Waals surface area contributed by atoms with Crippen LogP contribution in [-0.2, 0) is 0 Å². The summed E-state index contributed by atoms with van der Waals surface area (Å²) in [7, 11) is 0. The van der Waals surface area contributed by atoms with Crippen molar-refractivity contribution < 1.29 is 0 Å². The molecule has 0 spiro atoms. The van der Waals surface area contributed by atoms with E-state index in [9.17, 15) is 5.26 Å². The number of hydrogen-bond donors (Lipinski definition) is 1. The second-order valence-corrected chi connectivity index (χ2v) is 5.84. The van der Waals surface area contributed by atoms with E-state index in [2.05, 4.69) is 26.3 Å². The third kappa shape index (κ3) is 2.69. The van der Waals surface area contributed by atoms with Crippen LogP contribution in [0.3, 0.4) is 0 Å². The lowest BCUT2D eigenvalue weighted by atomic mass is 9.83. The van der Waals surface area contributed by atoms with Gasteiger partial charge in [-0.15, -0.1) is 0 Å². The first-order valence-electron chi connectivity index (χ1n) is 7.58. The smallest absolute Gasteiger partial charge is 0.134 e. The van der Waals surface area contributed by atoms with Crippen LogP contribution in [0, 0.1) is 11.3 Å². The molecule has 20 heavy (non-hydrogen) atoms. The fourth-order valence-corrected chi connectivity index (χ4v) is 3.20. The van der Waals surface area contributed by atoms with Crippen LogP contribution in [0.2, 0.25) is 0 Å². The minimum Gasteiger partial charge on any atom is -0.356 e. The van der Waals surface area contributed by atoms with Gasteiger partial charge in [-0.2, -0.15) is 5.26 Å². The molecule has 1 N–H and O–H groups in total. The van der Waals surface area contributed by atoms with Crippen LogP contribution < -0.4 is 10.2 Å². The molecule has 2 heterocycles. The summed E-state index contributed by atoms with van der Waals surface area (Å²) >= 11 is 0. The normalized spacial score (nSPS) is 21.4. The summed E-state index contributed by atoms with van der Waals surface area (Å²) in [5, 5.41) is 12.9. The number of nitriles is 1. The quantitative estimate of drug-likeness (QED) is 0.915. The highest BCUT2D eigenvalue weighted by molar-refractivity contribution is 5.51. The van der Waals surface area contributed by atoms with E-state index in [1.165, 1.54) is 19.3 Å². The molecule has 1 aromatic rings. The Kier molecular flexibility index (Phi) is 3.72. The second-order valence-electron chi connectivity index (χ2n) is 5.84. The molecule has 2 fully saturated rings. The number of hydrogen-bond acceptors (Lipinski definition) is 5. The molecule has 1 saturated carbocycles. The van der Waals surface area contributed by atoms with Gasteiger partial charge in [0.2, 0.25) is 0 Å². The second kappa shape index (κ2) is 5.66. The van der Waals surface area contributed by atoms with Crippen molar-refractivity contribution in [2.24, 2.45) is 0 Å². The molecule has 3 rings (SSSR count). The molecular weight excluding hydrogens is 250 g/mol. The predicted molar refractivity (Wildman–Crippen MR) is 78.5 cm³/mol. The van der Waals surface area contributed by atoms with Gasteiger partial charge in [0, 0.05) is 19.2 Å². The van der Waals surface area contributed by atoms with Crippen LogP contribution in [0.5, 0.6) is 0 Å². The number of anilines is 2. The summed E-state index contributed by atoms with van der Waals surface area (Å²) in [5.74, 6) is 1.76. The first kappa shape index (κ1) is 13.2. The SMILES string of the molecule is N#CC1(Nc2cc(N3CCCC3)ncn2)CCCCC1. The highest BCUT2D eigenvalue weighted by atomic mass is 15.2. The molecule has 5 nitrogen and oxygen atoms in total. The Morgan fingerprint density at radius 1 is 1.10 bits per heavy atom. The first-order chi connectivity index (χ1) is 9.81. The summed E-state index contributed by atoms with van der Waals surface area (Å²) < 4.78 is 0. The zero-order chi connectivity index (χ0) is 13.8. The molecule has 1 aromatic heterocycles. The van der Waals surface area contributed by atoms with Crippen molar-refractivity contribution in [1.29, 1.82) is 5.26 Å². The number of rotatable bonds is 3. The van der Waals surface area contributed by atoms with Crippen LogP contribution in [0.15, 0.2) is 12.4 Å². The standard InChI is InChI=1S/C15H21N5/c16-11-15(6-2-1-3-7-15)19-13-10-14(18-12-17-13)20-8-4-5-9-20/h10,12H,1-9H2,(H,17,18,19). The molecule has 0 atom stereocenters. The molecule has 106 valence electrons. The summed E-state index contributed by atoms with van der Waals surface area (Å²) in [5.41, 5.74) is -0.436. The van der Waals surface area contributed by atoms with Gasteiger partial charge >= 0.3 is 0 Å². The van der Waals surface area contributed by atoms with E-state index in [0.717, 1.165) is 50.4 Å². The van der Waals surface area contributed by atoms with Crippen LogP contribution in [0.4, 0.5) is 11.6 Å². The Labute approximate surface area is 120 Å². The molecular formula is C15H21N5. The fraction of sp³-hybridized carbons (Fsp3) is 0.667. The Morgan fingerprint density at radius 2 is 1.85 bits per heavy atom. The van der Waals surface area contributed by atoms with Gasteiger partial charge in [0.1, 0.15) is 23.5 Å². The molecule has 1 saturated heterocycles. The number of aromatic nitrogens is 2. The van der Waals surface area contributed by atoms with Crippen LogP contribution in [-0.4, -0.2) is 28.6 Å². The van der Waals surface area contributed by atoms with Gasteiger partial charge in [-0.3, -0.25) is 0 Å². The van der Waals surface area contributed by atoms with E-state index < -0.39 is 5.54 Å². The lowest BCUT2D eigenvalue weighted by Gasteiger charge is -2.32. The van der Waals surface area contributed by atoms with Crippen molar-refractivity contribution in [2.75, 3.05) is 23.3 Å². The van der Waals surface area contributed by atoms with E-state index in [4.69, 9.17) is 0 Å². The maximum atomic E-state index is 9.52. The largest absolute Gasteiger partial charge is 0.356 e. The van der Waals surface area contributed by atoms with Gasteiger partial charge in [0.15, 0.2) is 0 Å². The monoisotopic (exact) mass is 271 g/mol. The van der Waals surface area contributed by atoms with Gasteiger partial charge < -0.3 is 10.2 Å². The fourth-order valence-electron chi connectivity index (χ4n) is 3.20. The van der Waals surface area contributed by atoms with Crippen molar-refractivity contribution in [3.05, 3.63) is 12.4 Å². The molecule has 0 amide bonds. The summed E-state index contributed by atoms with van der Waals surface area (Å²) in [4.78, 5) is 10.9. The van der Waals surface area contributed by atoms with E-state index >= 15 is 0 Å². The van der Waals surface area contributed by atoms with Crippen LogP contribution in [0.25, 0.3) is 0 Å². The molecule has 0 radical (unpaired) electrons. The molecule has 2 aliphatic rings. The topological polar surface area (TPSA) is 64.8 Å². The third-order valence-electron chi connectivity index (χ3n) is 4.37. The molecule has 0 aromatic carbocycles. The van der Waals surface area contributed by atoms with Crippen molar-refractivity contribution in [3.63, 3.8) is 0 Å². The van der Waals surface area contributed by atoms with Crippen LogP contribution in [0.1, 0.15) is 44.9 Å². The molecule has 0 bridgehead atoms. The minimum absolute atomic E-state index is 0.436. The Morgan fingerprint density at radius 3 is 2.55 bits per heavy atom.